The highest BCUT2D eigenvalue weighted by atomic mass is 16.5. The minimum atomic E-state index is -1.14. The Labute approximate surface area is 127 Å². The van der Waals surface area contributed by atoms with Gasteiger partial charge in [0.1, 0.15) is 11.3 Å². The SMILES string of the molecule is COc1ccc(/C=C(\C(=O)O)c2ccccc2)cc1C(=O)O. The van der Waals surface area contributed by atoms with Gasteiger partial charge in [0.25, 0.3) is 0 Å². The van der Waals surface area contributed by atoms with Crippen LogP contribution >= 0.6 is 0 Å². The molecule has 0 amide bonds. The monoisotopic (exact) mass is 298 g/mol. The molecule has 2 N–H and O–H groups in total. The van der Waals surface area contributed by atoms with Crippen LogP contribution < -0.4 is 4.74 Å². The molecule has 0 fully saturated rings. The Balaban J connectivity index is 2.52. The van der Waals surface area contributed by atoms with Crippen molar-refractivity contribution in [1.82, 2.24) is 0 Å². The van der Waals surface area contributed by atoms with E-state index in [0.717, 1.165) is 0 Å². The van der Waals surface area contributed by atoms with Crippen molar-refractivity contribution in [2.75, 3.05) is 7.11 Å². The number of carbonyl (C=O) groups is 2. The van der Waals surface area contributed by atoms with Crippen molar-refractivity contribution in [3.05, 3.63) is 65.2 Å². The van der Waals surface area contributed by atoms with Gasteiger partial charge in [-0.25, -0.2) is 9.59 Å². The summed E-state index contributed by atoms with van der Waals surface area (Å²) in [5.74, 6) is -2.00. The Bertz CT molecular complexity index is 732. The van der Waals surface area contributed by atoms with Gasteiger partial charge in [0.2, 0.25) is 0 Å². The lowest BCUT2D eigenvalue weighted by molar-refractivity contribution is -0.130. The number of aromatic carboxylic acids is 1. The summed E-state index contributed by atoms with van der Waals surface area (Å²) in [5, 5.41) is 18.5. The van der Waals surface area contributed by atoms with E-state index in [-0.39, 0.29) is 16.9 Å². The van der Waals surface area contributed by atoms with Gasteiger partial charge in [-0.3, -0.25) is 0 Å². The summed E-state index contributed by atoms with van der Waals surface area (Å²) in [5.41, 5.74) is 1.08. The van der Waals surface area contributed by atoms with Crippen LogP contribution in [0.25, 0.3) is 11.6 Å². The first-order valence-electron chi connectivity index (χ1n) is 6.44. The third-order valence-electron chi connectivity index (χ3n) is 3.08. The van der Waals surface area contributed by atoms with Gasteiger partial charge in [0, 0.05) is 0 Å². The van der Waals surface area contributed by atoms with Gasteiger partial charge in [0.15, 0.2) is 0 Å². The molecule has 0 saturated heterocycles. The van der Waals surface area contributed by atoms with E-state index in [2.05, 4.69) is 0 Å². The molecular formula is C17H14O5. The second kappa shape index (κ2) is 6.58. The summed E-state index contributed by atoms with van der Waals surface area (Å²) in [4.78, 5) is 22.6. The third-order valence-corrected chi connectivity index (χ3v) is 3.08. The Morgan fingerprint density at radius 3 is 2.27 bits per heavy atom. The maximum absolute atomic E-state index is 11.4. The summed E-state index contributed by atoms with van der Waals surface area (Å²) in [7, 11) is 1.38. The number of ether oxygens (including phenoxy) is 1. The summed E-state index contributed by atoms with van der Waals surface area (Å²) < 4.78 is 4.98. The standard InChI is InChI=1S/C17H14O5/c1-22-15-8-7-11(10-14(15)17(20)21)9-13(16(18)19)12-5-3-2-4-6-12/h2-10H,1H3,(H,18,19)(H,20,21)/b13-9-. The molecule has 0 aliphatic rings. The van der Waals surface area contributed by atoms with E-state index in [1.165, 1.54) is 25.3 Å². The van der Waals surface area contributed by atoms with Gasteiger partial charge in [-0.15, -0.1) is 0 Å². The highest BCUT2D eigenvalue weighted by Gasteiger charge is 2.13. The number of hydrogen-bond donors (Lipinski definition) is 2. The van der Waals surface area contributed by atoms with E-state index < -0.39 is 11.9 Å². The molecule has 2 rings (SSSR count). The number of aliphatic carboxylic acids is 1. The first-order valence-corrected chi connectivity index (χ1v) is 6.44. The van der Waals surface area contributed by atoms with Crippen molar-refractivity contribution in [2.24, 2.45) is 0 Å². The molecular weight excluding hydrogens is 284 g/mol. The molecule has 5 nitrogen and oxygen atoms in total. The summed E-state index contributed by atoms with van der Waals surface area (Å²) in [6.45, 7) is 0. The number of rotatable bonds is 5. The highest BCUT2D eigenvalue weighted by molar-refractivity contribution is 6.20. The molecule has 112 valence electrons. The lowest BCUT2D eigenvalue weighted by atomic mass is 10.0. The van der Waals surface area contributed by atoms with E-state index in [4.69, 9.17) is 9.84 Å². The minimum absolute atomic E-state index is 0.0194. The van der Waals surface area contributed by atoms with E-state index in [1.807, 2.05) is 0 Å². The van der Waals surface area contributed by atoms with Crippen LogP contribution in [0.2, 0.25) is 0 Å². The molecule has 0 unspecified atom stereocenters. The number of benzene rings is 2. The van der Waals surface area contributed by atoms with Crippen LogP contribution in [-0.2, 0) is 4.79 Å². The van der Waals surface area contributed by atoms with Crippen LogP contribution in [0.3, 0.4) is 0 Å². The van der Waals surface area contributed by atoms with Gasteiger partial charge in [-0.1, -0.05) is 36.4 Å². The van der Waals surface area contributed by atoms with Crippen molar-refractivity contribution in [3.63, 3.8) is 0 Å². The number of carboxylic acid groups (broad SMARTS) is 2. The van der Waals surface area contributed by atoms with Crippen molar-refractivity contribution >= 4 is 23.6 Å². The first kappa shape index (κ1) is 15.3. The molecule has 0 spiro atoms. The molecule has 0 aliphatic carbocycles. The summed E-state index contributed by atoms with van der Waals surface area (Å²) >= 11 is 0. The van der Waals surface area contributed by atoms with Gasteiger partial charge in [-0.2, -0.15) is 0 Å². The number of hydrogen-bond acceptors (Lipinski definition) is 3. The fraction of sp³-hybridized carbons (Fsp3) is 0.0588. The van der Waals surface area contributed by atoms with Crippen LogP contribution in [0.4, 0.5) is 0 Å². The van der Waals surface area contributed by atoms with Crippen molar-refractivity contribution < 1.29 is 24.5 Å². The van der Waals surface area contributed by atoms with E-state index >= 15 is 0 Å². The predicted octanol–water partition coefficient (Wildman–Crippen LogP) is 3.02. The molecule has 2 aromatic rings. The van der Waals surface area contributed by atoms with Crippen molar-refractivity contribution in [3.8, 4) is 5.75 Å². The molecule has 22 heavy (non-hydrogen) atoms. The van der Waals surface area contributed by atoms with Crippen LogP contribution in [0, 0.1) is 0 Å². The average Bonchev–Trinajstić information content (AvgIpc) is 2.52. The molecule has 0 atom stereocenters. The number of methoxy groups -OCH3 is 1. The van der Waals surface area contributed by atoms with Gasteiger partial charge >= 0.3 is 11.9 Å². The Hall–Kier alpha value is -3.08. The van der Waals surface area contributed by atoms with Crippen LogP contribution in [-0.4, -0.2) is 29.3 Å². The molecule has 2 aromatic carbocycles. The topological polar surface area (TPSA) is 83.8 Å². The van der Waals surface area contributed by atoms with E-state index in [9.17, 15) is 14.7 Å². The van der Waals surface area contributed by atoms with Crippen molar-refractivity contribution in [1.29, 1.82) is 0 Å². The lowest BCUT2D eigenvalue weighted by Gasteiger charge is -2.07. The van der Waals surface area contributed by atoms with Gasteiger partial charge in [-0.05, 0) is 29.3 Å². The minimum Gasteiger partial charge on any atom is -0.496 e. The summed E-state index contributed by atoms with van der Waals surface area (Å²) in [6.07, 6.45) is 1.43. The highest BCUT2D eigenvalue weighted by Crippen LogP contribution is 2.24. The van der Waals surface area contributed by atoms with E-state index in [1.54, 1.807) is 36.4 Å². The van der Waals surface area contributed by atoms with Crippen molar-refractivity contribution in [2.45, 2.75) is 0 Å². The Kier molecular flexibility index (Phi) is 4.58. The van der Waals surface area contributed by atoms with E-state index in [0.29, 0.717) is 11.1 Å². The third kappa shape index (κ3) is 3.32. The first-order chi connectivity index (χ1) is 10.5. The Morgan fingerprint density at radius 1 is 1.05 bits per heavy atom. The fourth-order valence-electron chi connectivity index (χ4n) is 2.04. The largest absolute Gasteiger partial charge is 0.496 e. The molecule has 5 heteroatoms. The zero-order valence-corrected chi connectivity index (χ0v) is 11.8. The molecule has 0 bridgehead atoms. The zero-order valence-electron chi connectivity index (χ0n) is 11.8. The second-order valence-corrected chi connectivity index (χ2v) is 4.49. The summed E-state index contributed by atoms with van der Waals surface area (Å²) in [6, 6.07) is 13.1. The predicted molar refractivity (Wildman–Crippen MR) is 81.9 cm³/mol. The molecule has 0 radical (unpaired) electrons. The maximum Gasteiger partial charge on any atom is 0.339 e. The second-order valence-electron chi connectivity index (χ2n) is 4.49. The molecule has 0 heterocycles. The molecule has 0 saturated carbocycles. The Morgan fingerprint density at radius 2 is 1.73 bits per heavy atom. The average molecular weight is 298 g/mol. The van der Waals surface area contributed by atoms with Crippen LogP contribution in [0.1, 0.15) is 21.5 Å². The number of carboxylic acids is 2. The maximum atomic E-state index is 11.4. The fourth-order valence-corrected chi connectivity index (χ4v) is 2.04. The smallest absolute Gasteiger partial charge is 0.339 e. The normalized spacial score (nSPS) is 11.0. The molecule has 0 aliphatic heterocycles. The van der Waals surface area contributed by atoms with Gasteiger partial charge in [0.05, 0.1) is 12.7 Å². The molecule has 0 aromatic heterocycles. The quantitative estimate of drug-likeness (QED) is 0.655. The van der Waals surface area contributed by atoms with Crippen LogP contribution in [0.15, 0.2) is 48.5 Å². The van der Waals surface area contributed by atoms with Gasteiger partial charge < -0.3 is 14.9 Å². The lowest BCUT2D eigenvalue weighted by Crippen LogP contribution is -2.02. The van der Waals surface area contributed by atoms with Crippen LogP contribution in [0.5, 0.6) is 5.75 Å². The zero-order chi connectivity index (χ0) is 16.1.